The van der Waals surface area contributed by atoms with Gasteiger partial charge in [-0.3, -0.25) is 9.59 Å². The summed E-state index contributed by atoms with van der Waals surface area (Å²) in [5, 5.41) is 2.94. The first-order valence-corrected chi connectivity index (χ1v) is 9.11. The molecule has 1 N–H and O–H groups in total. The van der Waals surface area contributed by atoms with Gasteiger partial charge >= 0.3 is 0 Å². The number of para-hydroxylation sites is 1. The maximum atomic E-state index is 12.5. The van der Waals surface area contributed by atoms with E-state index in [0.29, 0.717) is 6.54 Å². The van der Waals surface area contributed by atoms with Gasteiger partial charge in [-0.15, -0.1) is 0 Å². The summed E-state index contributed by atoms with van der Waals surface area (Å²) >= 11 is 2.19. The summed E-state index contributed by atoms with van der Waals surface area (Å²) in [5.74, 6) is -0.415. The molecule has 0 saturated carbocycles. The van der Waals surface area contributed by atoms with E-state index in [2.05, 4.69) is 34.8 Å². The van der Waals surface area contributed by atoms with Crippen molar-refractivity contribution in [2.45, 2.75) is 19.8 Å². The Kier molecular flexibility index (Phi) is 5.18. The Morgan fingerprint density at radius 2 is 1.92 bits per heavy atom. The highest BCUT2D eigenvalue weighted by atomic mass is 127. The van der Waals surface area contributed by atoms with E-state index in [1.165, 1.54) is 5.56 Å². The lowest BCUT2D eigenvalue weighted by atomic mass is 10.1. The average Bonchev–Trinajstić information content (AvgIpc) is 2.99. The first kappa shape index (κ1) is 17.0. The number of carbonyl (C=O) groups is 2. The summed E-state index contributed by atoms with van der Waals surface area (Å²) in [4.78, 5) is 26.5. The summed E-state index contributed by atoms with van der Waals surface area (Å²) in [6.45, 7) is 2.53. The molecule has 0 aliphatic carbocycles. The summed E-state index contributed by atoms with van der Waals surface area (Å²) < 4.78 is 0.986. The van der Waals surface area contributed by atoms with E-state index < -0.39 is 0 Å². The molecule has 0 radical (unpaired) electrons. The van der Waals surface area contributed by atoms with E-state index >= 15 is 0 Å². The zero-order chi connectivity index (χ0) is 17.1. The van der Waals surface area contributed by atoms with Gasteiger partial charge in [0.05, 0.1) is 11.6 Å². The molecule has 1 heterocycles. The van der Waals surface area contributed by atoms with Crippen LogP contribution < -0.4 is 10.2 Å². The highest BCUT2D eigenvalue weighted by molar-refractivity contribution is 14.1. The minimum absolute atomic E-state index is 0.00200. The van der Waals surface area contributed by atoms with Gasteiger partial charge in [0.2, 0.25) is 11.8 Å². The fourth-order valence-electron chi connectivity index (χ4n) is 2.84. The molecule has 1 aliphatic heterocycles. The number of benzene rings is 2. The van der Waals surface area contributed by atoms with Crippen LogP contribution in [0.1, 0.15) is 18.9 Å². The number of aryl methyl sites for hydroxylation is 1. The number of amides is 2. The van der Waals surface area contributed by atoms with Crippen molar-refractivity contribution in [1.82, 2.24) is 0 Å². The zero-order valence-electron chi connectivity index (χ0n) is 13.5. The van der Waals surface area contributed by atoms with Crippen LogP contribution in [0, 0.1) is 9.49 Å². The molecule has 2 amide bonds. The number of carbonyl (C=O) groups excluding carboxylic acids is 2. The molecule has 0 aromatic heterocycles. The van der Waals surface area contributed by atoms with Gasteiger partial charge < -0.3 is 10.2 Å². The van der Waals surface area contributed by atoms with Crippen LogP contribution in [0.2, 0.25) is 0 Å². The van der Waals surface area contributed by atoms with Crippen LogP contribution in [0.3, 0.4) is 0 Å². The van der Waals surface area contributed by atoms with E-state index in [1.54, 1.807) is 4.90 Å². The van der Waals surface area contributed by atoms with Crippen molar-refractivity contribution >= 4 is 45.8 Å². The molecule has 2 aromatic rings. The Bertz CT molecular complexity index is 758. The van der Waals surface area contributed by atoms with Gasteiger partial charge in [0.1, 0.15) is 0 Å². The van der Waals surface area contributed by atoms with E-state index in [0.717, 1.165) is 21.4 Å². The second-order valence-corrected chi connectivity index (χ2v) is 7.06. The minimum atomic E-state index is -0.320. The summed E-state index contributed by atoms with van der Waals surface area (Å²) in [7, 11) is 0. The van der Waals surface area contributed by atoms with Gasteiger partial charge in [-0.1, -0.05) is 31.2 Å². The number of nitrogens with zero attached hydrogens (tertiary/aromatic N) is 1. The smallest absolute Gasteiger partial charge is 0.229 e. The maximum Gasteiger partial charge on any atom is 0.229 e. The van der Waals surface area contributed by atoms with Crippen molar-refractivity contribution in [1.29, 1.82) is 0 Å². The lowest BCUT2D eigenvalue weighted by molar-refractivity contribution is -0.122. The fraction of sp³-hybridized carbons (Fsp3) is 0.263. The van der Waals surface area contributed by atoms with E-state index in [-0.39, 0.29) is 24.2 Å². The predicted octanol–water partition coefficient (Wildman–Crippen LogP) is 3.85. The maximum absolute atomic E-state index is 12.5. The van der Waals surface area contributed by atoms with Crippen LogP contribution in [0.5, 0.6) is 0 Å². The molecule has 1 atom stereocenters. The molecule has 4 nitrogen and oxygen atoms in total. The number of rotatable bonds is 4. The molecule has 0 bridgehead atoms. The first-order chi connectivity index (χ1) is 11.6. The van der Waals surface area contributed by atoms with Gasteiger partial charge in [-0.05, 0) is 58.8 Å². The highest BCUT2D eigenvalue weighted by Gasteiger charge is 2.35. The Hall–Kier alpha value is -1.89. The minimum Gasteiger partial charge on any atom is -0.325 e. The Balaban J connectivity index is 1.69. The normalized spacial score (nSPS) is 17.2. The van der Waals surface area contributed by atoms with Gasteiger partial charge in [-0.25, -0.2) is 0 Å². The molecule has 1 aliphatic rings. The van der Waals surface area contributed by atoms with Crippen LogP contribution in [-0.4, -0.2) is 18.4 Å². The molecule has 0 unspecified atom stereocenters. The molecule has 1 fully saturated rings. The summed E-state index contributed by atoms with van der Waals surface area (Å²) in [6.07, 6.45) is 1.22. The Morgan fingerprint density at radius 3 is 2.58 bits per heavy atom. The zero-order valence-corrected chi connectivity index (χ0v) is 15.6. The number of anilines is 2. The highest BCUT2D eigenvalue weighted by Crippen LogP contribution is 2.27. The van der Waals surface area contributed by atoms with Crippen molar-refractivity contribution < 1.29 is 9.59 Å². The second-order valence-electron chi connectivity index (χ2n) is 5.89. The lowest BCUT2D eigenvalue weighted by Gasteiger charge is -2.17. The van der Waals surface area contributed by atoms with Crippen LogP contribution in [-0.2, 0) is 16.0 Å². The quantitative estimate of drug-likeness (QED) is 0.744. The molecular formula is C19H19IN2O2. The number of nitrogens with one attached hydrogen (secondary N) is 1. The Labute approximate surface area is 155 Å². The van der Waals surface area contributed by atoms with Gasteiger partial charge in [-0.2, -0.15) is 0 Å². The molecule has 124 valence electrons. The number of hydrogen-bond acceptors (Lipinski definition) is 2. The van der Waals surface area contributed by atoms with Crippen molar-refractivity contribution in [2.24, 2.45) is 5.92 Å². The molecule has 5 heteroatoms. The van der Waals surface area contributed by atoms with E-state index in [1.807, 2.05) is 48.5 Å². The number of halogens is 1. The molecule has 3 rings (SSSR count). The summed E-state index contributed by atoms with van der Waals surface area (Å²) in [5.41, 5.74) is 2.89. The lowest BCUT2D eigenvalue weighted by Crippen LogP contribution is -2.28. The third-order valence-corrected chi connectivity index (χ3v) is 5.22. The van der Waals surface area contributed by atoms with Gasteiger partial charge in [0, 0.05) is 22.2 Å². The topological polar surface area (TPSA) is 49.4 Å². The van der Waals surface area contributed by atoms with Crippen molar-refractivity contribution in [3.05, 3.63) is 57.7 Å². The second kappa shape index (κ2) is 7.34. The molecule has 0 spiro atoms. The SMILES string of the molecule is CCc1ccc(N2C[C@@H](C(=O)Nc3ccccc3I)CC2=O)cc1. The first-order valence-electron chi connectivity index (χ1n) is 8.03. The molecule has 2 aromatic carbocycles. The molecule has 1 saturated heterocycles. The van der Waals surface area contributed by atoms with Crippen LogP contribution in [0.15, 0.2) is 48.5 Å². The van der Waals surface area contributed by atoms with Crippen molar-refractivity contribution in [3.8, 4) is 0 Å². The number of hydrogen-bond donors (Lipinski definition) is 1. The fourth-order valence-corrected chi connectivity index (χ4v) is 3.36. The largest absolute Gasteiger partial charge is 0.325 e. The third kappa shape index (κ3) is 3.61. The molecule has 24 heavy (non-hydrogen) atoms. The van der Waals surface area contributed by atoms with Crippen LogP contribution in [0.25, 0.3) is 0 Å². The van der Waals surface area contributed by atoms with E-state index in [9.17, 15) is 9.59 Å². The van der Waals surface area contributed by atoms with Crippen molar-refractivity contribution in [2.75, 3.05) is 16.8 Å². The van der Waals surface area contributed by atoms with E-state index in [4.69, 9.17) is 0 Å². The van der Waals surface area contributed by atoms with Crippen LogP contribution >= 0.6 is 22.6 Å². The monoisotopic (exact) mass is 434 g/mol. The van der Waals surface area contributed by atoms with Gasteiger partial charge in [0.15, 0.2) is 0 Å². The standard InChI is InChI=1S/C19H19IN2O2/c1-2-13-7-9-15(10-8-13)22-12-14(11-18(22)23)19(24)21-17-6-4-3-5-16(17)20/h3-10,14H,2,11-12H2,1H3,(H,21,24)/t14-/m0/s1. The average molecular weight is 434 g/mol. The Morgan fingerprint density at radius 1 is 1.21 bits per heavy atom. The van der Waals surface area contributed by atoms with Crippen LogP contribution in [0.4, 0.5) is 11.4 Å². The predicted molar refractivity (Wildman–Crippen MR) is 104 cm³/mol. The molecular weight excluding hydrogens is 415 g/mol. The summed E-state index contributed by atoms with van der Waals surface area (Å²) in [6, 6.07) is 15.6. The third-order valence-electron chi connectivity index (χ3n) is 4.28. The van der Waals surface area contributed by atoms with Crippen molar-refractivity contribution in [3.63, 3.8) is 0 Å². The van der Waals surface area contributed by atoms with Gasteiger partial charge in [0.25, 0.3) is 0 Å².